The Labute approximate surface area is 390 Å². The van der Waals surface area contributed by atoms with Crippen molar-refractivity contribution in [3.05, 3.63) is 193 Å². The van der Waals surface area contributed by atoms with Gasteiger partial charge >= 0.3 is 0 Å². The summed E-state index contributed by atoms with van der Waals surface area (Å²) >= 11 is 0. The van der Waals surface area contributed by atoms with Crippen LogP contribution < -0.4 is 14.5 Å². The van der Waals surface area contributed by atoms with Crippen LogP contribution >= 0.6 is 0 Å². The summed E-state index contributed by atoms with van der Waals surface area (Å²) in [6, 6.07) is 50.2. The second kappa shape index (κ2) is 15.8. The average Bonchev–Trinajstić information content (AvgIpc) is 3.88. The monoisotopic (exact) mass is 854 g/mol. The number of fused-ring (bicyclic) bond motifs is 4. The molecule has 0 N–H and O–H groups in total. The number of anilines is 4. The van der Waals surface area contributed by atoms with Gasteiger partial charge in [-0.2, -0.15) is 0 Å². The lowest BCUT2D eigenvalue weighted by Gasteiger charge is -2.29. The molecule has 9 aromatic rings. The molecular formula is C60H58N4O. The van der Waals surface area contributed by atoms with Gasteiger partial charge in [-0.25, -0.2) is 4.98 Å². The molecule has 5 heteroatoms. The van der Waals surface area contributed by atoms with E-state index in [2.05, 4.69) is 175 Å². The van der Waals surface area contributed by atoms with E-state index in [4.69, 9.17) is 15.2 Å². The van der Waals surface area contributed by atoms with Crippen LogP contribution in [0.15, 0.2) is 176 Å². The fourth-order valence-corrected chi connectivity index (χ4v) is 9.05. The maximum absolute atomic E-state index is 9.08. The van der Waals surface area contributed by atoms with E-state index in [1.807, 2.05) is 47.0 Å². The first-order valence-electron chi connectivity index (χ1n) is 24.6. The smallest absolute Gasteiger partial charge is 0.137 e. The van der Waals surface area contributed by atoms with E-state index in [0.29, 0.717) is 45.8 Å². The molecule has 0 spiro atoms. The molecule has 3 heterocycles. The summed E-state index contributed by atoms with van der Waals surface area (Å²) < 4.78 is 43.9. The molecule has 10 rings (SSSR count). The van der Waals surface area contributed by atoms with Gasteiger partial charge < -0.3 is 14.5 Å². The Bertz CT molecular complexity index is 3440. The van der Waals surface area contributed by atoms with Crippen molar-refractivity contribution in [2.24, 2.45) is 0 Å². The molecule has 0 saturated heterocycles. The summed E-state index contributed by atoms with van der Waals surface area (Å²) in [6.07, 6.45) is 1.76. The van der Waals surface area contributed by atoms with Crippen LogP contribution in [0, 0.1) is 0 Å². The van der Waals surface area contributed by atoms with Crippen LogP contribution in [0.3, 0.4) is 0 Å². The molecule has 324 valence electrons. The summed E-state index contributed by atoms with van der Waals surface area (Å²) in [5.41, 5.74) is 13.4. The Morgan fingerprint density at radius 2 is 1.14 bits per heavy atom. The predicted molar refractivity (Wildman–Crippen MR) is 274 cm³/mol. The Balaban J connectivity index is 1.08. The quantitative estimate of drug-likeness (QED) is 0.160. The highest BCUT2D eigenvalue weighted by Crippen LogP contribution is 2.51. The molecule has 2 aromatic heterocycles. The standard InChI is InChI=1S/C60H58N4O/c1-58(2,3)42-31-32-61-56(36-42)64-52-26-14-13-23-50(52)51-30-29-47(38-55(51)64)65-46-22-17-21-45(37-46)62-39-63(54-28-16-15-27-53(54)62)57-48(40-19-11-10-12-20-40)24-18-25-49(57)41-33-43(59(4,5)6)35-44(34-41)60(7,8)9/h10-38H,39H2,1-9H3/i13D,14D,23D,26D. The Kier molecular flexibility index (Phi) is 9.09. The number of para-hydroxylation sites is 4. The molecular weight excluding hydrogens is 793 g/mol. The zero-order valence-corrected chi connectivity index (χ0v) is 38.8. The number of rotatable bonds is 7. The lowest BCUT2D eigenvalue weighted by Crippen LogP contribution is -2.25. The third-order valence-corrected chi connectivity index (χ3v) is 12.7. The van der Waals surface area contributed by atoms with Gasteiger partial charge in [0.2, 0.25) is 0 Å². The van der Waals surface area contributed by atoms with Crippen LogP contribution in [0.4, 0.5) is 22.7 Å². The highest BCUT2D eigenvalue weighted by Gasteiger charge is 2.32. The first-order chi connectivity index (χ1) is 32.8. The molecule has 5 nitrogen and oxygen atoms in total. The molecule has 65 heavy (non-hydrogen) atoms. The second-order valence-corrected chi connectivity index (χ2v) is 20.3. The molecule has 0 unspecified atom stereocenters. The van der Waals surface area contributed by atoms with Gasteiger partial charge in [0, 0.05) is 45.9 Å². The topological polar surface area (TPSA) is 33.5 Å². The van der Waals surface area contributed by atoms with E-state index >= 15 is 0 Å². The van der Waals surface area contributed by atoms with Crippen molar-refractivity contribution in [1.82, 2.24) is 9.55 Å². The first kappa shape index (κ1) is 37.3. The molecule has 0 fully saturated rings. The van der Waals surface area contributed by atoms with E-state index in [9.17, 15) is 0 Å². The van der Waals surface area contributed by atoms with Crippen molar-refractivity contribution in [3.8, 4) is 39.6 Å². The zero-order valence-electron chi connectivity index (χ0n) is 42.8. The van der Waals surface area contributed by atoms with Crippen molar-refractivity contribution in [3.63, 3.8) is 0 Å². The maximum Gasteiger partial charge on any atom is 0.137 e. The van der Waals surface area contributed by atoms with Crippen molar-refractivity contribution >= 4 is 44.6 Å². The minimum atomic E-state index is -0.289. The summed E-state index contributed by atoms with van der Waals surface area (Å²) in [4.78, 5) is 9.57. The van der Waals surface area contributed by atoms with Crippen LogP contribution in [0.25, 0.3) is 49.9 Å². The van der Waals surface area contributed by atoms with Gasteiger partial charge in [0.1, 0.15) is 24.0 Å². The van der Waals surface area contributed by atoms with Crippen molar-refractivity contribution < 1.29 is 10.2 Å². The highest BCUT2D eigenvalue weighted by molar-refractivity contribution is 6.09. The number of aromatic nitrogens is 2. The summed E-state index contributed by atoms with van der Waals surface area (Å²) in [7, 11) is 0. The normalized spacial score (nSPS) is 14.0. The number of benzene rings is 7. The van der Waals surface area contributed by atoms with Gasteiger partial charge in [0.15, 0.2) is 0 Å². The summed E-state index contributed by atoms with van der Waals surface area (Å²) in [6.45, 7) is 20.7. The van der Waals surface area contributed by atoms with E-state index in [1.54, 1.807) is 6.20 Å². The number of nitrogens with zero attached hydrogens (tertiary/aromatic N) is 4. The molecule has 0 aliphatic carbocycles. The molecule has 1 aliphatic heterocycles. The fraction of sp³-hybridized carbons (Fsp3) is 0.217. The third kappa shape index (κ3) is 7.84. The Hall–Kier alpha value is -7.11. The van der Waals surface area contributed by atoms with Crippen LogP contribution in [-0.2, 0) is 16.2 Å². The number of hydrogen-bond acceptors (Lipinski definition) is 4. The average molecular weight is 855 g/mol. The molecule has 0 radical (unpaired) electrons. The van der Waals surface area contributed by atoms with Gasteiger partial charge in [0.25, 0.3) is 0 Å². The number of pyridine rings is 1. The van der Waals surface area contributed by atoms with Gasteiger partial charge in [-0.05, 0) is 98.6 Å². The lowest BCUT2D eigenvalue weighted by molar-refractivity contribution is 0.483. The van der Waals surface area contributed by atoms with Crippen LogP contribution in [0.2, 0.25) is 0 Å². The molecule has 0 amide bonds. The number of hydrogen-bond donors (Lipinski definition) is 0. The minimum Gasteiger partial charge on any atom is -0.457 e. The molecule has 0 atom stereocenters. The van der Waals surface area contributed by atoms with E-state index < -0.39 is 0 Å². The van der Waals surface area contributed by atoms with E-state index in [1.165, 1.54) is 22.3 Å². The van der Waals surface area contributed by atoms with Gasteiger partial charge in [-0.3, -0.25) is 4.57 Å². The molecule has 0 saturated carbocycles. The van der Waals surface area contributed by atoms with Crippen molar-refractivity contribution in [2.75, 3.05) is 16.5 Å². The highest BCUT2D eigenvalue weighted by atomic mass is 16.5. The largest absolute Gasteiger partial charge is 0.457 e. The molecule has 7 aromatic carbocycles. The van der Waals surface area contributed by atoms with Crippen molar-refractivity contribution in [1.29, 1.82) is 0 Å². The minimum absolute atomic E-state index is 0.0493. The first-order valence-corrected chi connectivity index (χ1v) is 22.6. The van der Waals surface area contributed by atoms with Gasteiger partial charge in [0.05, 0.1) is 33.6 Å². The lowest BCUT2D eigenvalue weighted by atomic mass is 9.78. The van der Waals surface area contributed by atoms with Gasteiger partial charge in [-0.1, -0.05) is 165 Å². The zero-order chi connectivity index (χ0) is 48.7. The third-order valence-electron chi connectivity index (χ3n) is 12.7. The van der Waals surface area contributed by atoms with Gasteiger partial charge in [-0.15, -0.1) is 0 Å². The fourth-order valence-electron chi connectivity index (χ4n) is 9.05. The second-order valence-electron chi connectivity index (χ2n) is 20.3. The Morgan fingerprint density at radius 1 is 0.508 bits per heavy atom. The predicted octanol–water partition coefficient (Wildman–Crippen LogP) is 16.4. The van der Waals surface area contributed by atoms with E-state index in [-0.39, 0.29) is 40.4 Å². The Morgan fingerprint density at radius 3 is 1.85 bits per heavy atom. The van der Waals surface area contributed by atoms with Crippen molar-refractivity contribution in [2.45, 2.75) is 78.6 Å². The maximum atomic E-state index is 9.08. The molecule has 0 bridgehead atoms. The van der Waals surface area contributed by atoms with Crippen LogP contribution in [0.5, 0.6) is 11.5 Å². The van der Waals surface area contributed by atoms with Crippen LogP contribution in [-0.4, -0.2) is 16.2 Å². The SMILES string of the molecule is [2H]c1c([2H])c([2H])c2c(c1[2H])c1ccc(Oc3cccc(N4CN(c5c(-c6ccccc6)cccc5-c5cc(C(C)(C)C)cc(C(C)(C)C)c5)c5ccccc54)c3)cc1n2-c1cc(C(C)(C)C)ccn1. The molecule has 1 aliphatic rings. The summed E-state index contributed by atoms with van der Waals surface area (Å²) in [5, 5.41) is 1.13. The summed E-state index contributed by atoms with van der Waals surface area (Å²) in [5.74, 6) is 1.77. The number of ether oxygens (including phenoxy) is 1. The van der Waals surface area contributed by atoms with Crippen LogP contribution in [0.1, 0.15) is 84.5 Å². The van der Waals surface area contributed by atoms with E-state index in [0.717, 1.165) is 39.4 Å².